The van der Waals surface area contributed by atoms with Crippen LogP contribution in [0.2, 0.25) is 0 Å². The van der Waals surface area contributed by atoms with Gasteiger partial charge in [0.1, 0.15) is 0 Å². The maximum atomic E-state index is 4.05. The molecule has 0 heterocycles. The molecule has 0 aliphatic heterocycles. The van der Waals surface area contributed by atoms with E-state index in [1.54, 1.807) is 0 Å². The summed E-state index contributed by atoms with van der Waals surface area (Å²) in [6.07, 6.45) is 6.26. The molecule has 0 fully saturated rings. The quantitative estimate of drug-likeness (QED) is 0.155. The number of nitrogens with zero attached hydrogens (tertiary/aromatic N) is 1. The molecule has 1 heteroatoms. The van der Waals surface area contributed by atoms with Crippen LogP contribution >= 0.6 is 0 Å². The Hall–Kier alpha value is -6.44. The van der Waals surface area contributed by atoms with Gasteiger partial charge in [0.2, 0.25) is 0 Å². The molecule has 0 aromatic heterocycles. The number of anilines is 3. The molecule has 0 saturated heterocycles. The fraction of sp³-hybridized carbons (Fsp3) is 0.0400. The second kappa shape index (κ2) is 12.5. The molecule has 7 aromatic carbocycles. The van der Waals surface area contributed by atoms with Crippen molar-refractivity contribution in [2.45, 2.75) is 12.3 Å². The van der Waals surface area contributed by atoms with Gasteiger partial charge in [0, 0.05) is 16.8 Å². The SMILES string of the molecule is C=C/C=C\C1=C(C)c2ccccc2C12c1ccccc1-c1c(N(c3ccc(-c4ccccc4)cc3)c3ccccc3-c3ccccc3)cccc12. The average Bonchev–Trinajstić information content (AvgIpc) is 3.64. The van der Waals surface area contributed by atoms with Gasteiger partial charge < -0.3 is 4.90 Å². The summed E-state index contributed by atoms with van der Waals surface area (Å²) in [7, 11) is 0. The highest BCUT2D eigenvalue weighted by Gasteiger charge is 2.52. The number of hydrogen-bond acceptors (Lipinski definition) is 1. The van der Waals surface area contributed by atoms with Crippen molar-refractivity contribution in [3.8, 4) is 33.4 Å². The molecule has 0 saturated carbocycles. The summed E-state index contributed by atoms with van der Waals surface area (Å²) >= 11 is 0. The second-order valence-electron chi connectivity index (χ2n) is 13.3. The molecule has 2 aliphatic carbocycles. The second-order valence-corrected chi connectivity index (χ2v) is 13.3. The van der Waals surface area contributed by atoms with Gasteiger partial charge in [-0.3, -0.25) is 0 Å². The highest BCUT2D eigenvalue weighted by molar-refractivity contribution is 6.02. The van der Waals surface area contributed by atoms with Gasteiger partial charge in [-0.15, -0.1) is 0 Å². The summed E-state index contributed by atoms with van der Waals surface area (Å²) in [5.74, 6) is 0. The van der Waals surface area contributed by atoms with Crippen LogP contribution in [0.1, 0.15) is 29.2 Å². The molecule has 7 aromatic rings. The molecule has 1 atom stereocenters. The molecular formula is C50H37N. The Morgan fingerprint density at radius 2 is 1.00 bits per heavy atom. The predicted molar refractivity (Wildman–Crippen MR) is 216 cm³/mol. The molecule has 0 N–H and O–H groups in total. The van der Waals surface area contributed by atoms with Gasteiger partial charge in [-0.25, -0.2) is 0 Å². The minimum absolute atomic E-state index is 0.454. The van der Waals surface area contributed by atoms with Crippen LogP contribution in [0.25, 0.3) is 39.0 Å². The Labute approximate surface area is 300 Å². The summed E-state index contributed by atoms with van der Waals surface area (Å²) in [6.45, 7) is 6.32. The van der Waals surface area contributed by atoms with E-state index in [2.05, 4.69) is 206 Å². The molecular weight excluding hydrogens is 615 g/mol. The first-order chi connectivity index (χ1) is 25.2. The largest absolute Gasteiger partial charge is 0.309 e. The Kier molecular flexibility index (Phi) is 7.48. The van der Waals surface area contributed by atoms with E-state index in [1.807, 2.05) is 6.08 Å². The first-order valence-electron chi connectivity index (χ1n) is 17.7. The number of para-hydroxylation sites is 1. The Morgan fingerprint density at radius 3 is 1.71 bits per heavy atom. The van der Waals surface area contributed by atoms with Crippen LogP contribution in [0, 0.1) is 0 Å². The molecule has 0 bridgehead atoms. The van der Waals surface area contributed by atoms with Crippen molar-refractivity contribution in [3.05, 3.63) is 229 Å². The lowest BCUT2D eigenvalue weighted by molar-refractivity contribution is 0.786. The van der Waals surface area contributed by atoms with Crippen LogP contribution in [-0.2, 0) is 5.41 Å². The van der Waals surface area contributed by atoms with Crippen LogP contribution in [0.3, 0.4) is 0 Å². The van der Waals surface area contributed by atoms with Crippen molar-refractivity contribution in [2.24, 2.45) is 0 Å². The summed E-state index contributed by atoms with van der Waals surface area (Å²) in [4.78, 5) is 2.47. The third kappa shape index (κ3) is 4.70. The molecule has 1 nitrogen and oxygen atoms in total. The third-order valence-electron chi connectivity index (χ3n) is 10.7. The van der Waals surface area contributed by atoms with E-state index in [9.17, 15) is 0 Å². The summed E-state index contributed by atoms with van der Waals surface area (Å²) in [6, 6.07) is 64.1. The fourth-order valence-electron chi connectivity index (χ4n) is 8.57. The number of fused-ring (bicyclic) bond motifs is 7. The van der Waals surface area contributed by atoms with Crippen molar-refractivity contribution in [1.82, 2.24) is 0 Å². The topological polar surface area (TPSA) is 3.24 Å². The first-order valence-corrected chi connectivity index (χ1v) is 17.7. The van der Waals surface area contributed by atoms with E-state index >= 15 is 0 Å². The van der Waals surface area contributed by atoms with E-state index < -0.39 is 5.41 Å². The smallest absolute Gasteiger partial charge is 0.0722 e. The molecule has 51 heavy (non-hydrogen) atoms. The van der Waals surface area contributed by atoms with E-state index in [0.717, 1.165) is 17.1 Å². The molecule has 2 aliphatic rings. The minimum atomic E-state index is -0.454. The van der Waals surface area contributed by atoms with Crippen LogP contribution in [0.5, 0.6) is 0 Å². The average molecular weight is 652 g/mol. The first kappa shape index (κ1) is 30.6. The van der Waals surface area contributed by atoms with Gasteiger partial charge in [-0.1, -0.05) is 176 Å². The Morgan fingerprint density at radius 1 is 0.471 bits per heavy atom. The predicted octanol–water partition coefficient (Wildman–Crippen LogP) is 13.3. The molecule has 1 unspecified atom stereocenters. The summed E-state index contributed by atoms with van der Waals surface area (Å²) < 4.78 is 0. The maximum Gasteiger partial charge on any atom is 0.0722 e. The maximum absolute atomic E-state index is 4.05. The number of hydrogen-bond donors (Lipinski definition) is 0. The van der Waals surface area contributed by atoms with E-state index in [4.69, 9.17) is 0 Å². The van der Waals surface area contributed by atoms with Crippen molar-refractivity contribution in [3.63, 3.8) is 0 Å². The lowest BCUT2D eigenvalue weighted by Crippen LogP contribution is -2.27. The van der Waals surface area contributed by atoms with Gasteiger partial charge in [0.05, 0.1) is 16.8 Å². The van der Waals surface area contributed by atoms with Crippen molar-refractivity contribution < 1.29 is 0 Å². The van der Waals surface area contributed by atoms with Crippen LogP contribution in [-0.4, -0.2) is 0 Å². The Bertz CT molecular complexity index is 2480. The number of rotatable bonds is 7. The monoisotopic (exact) mass is 651 g/mol. The van der Waals surface area contributed by atoms with E-state index in [1.165, 1.54) is 66.8 Å². The zero-order chi connectivity index (χ0) is 34.4. The summed E-state index contributed by atoms with van der Waals surface area (Å²) in [5, 5.41) is 0. The highest BCUT2D eigenvalue weighted by Crippen LogP contribution is 2.64. The third-order valence-corrected chi connectivity index (χ3v) is 10.7. The minimum Gasteiger partial charge on any atom is -0.309 e. The van der Waals surface area contributed by atoms with Gasteiger partial charge in [0.15, 0.2) is 0 Å². The number of benzene rings is 7. The van der Waals surface area contributed by atoms with Gasteiger partial charge in [-0.05, 0) is 86.8 Å². The fourth-order valence-corrected chi connectivity index (χ4v) is 8.57. The summed E-state index contributed by atoms with van der Waals surface area (Å²) in [5.41, 5.74) is 18.1. The van der Waals surface area contributed by atoms with Gasteiger partial charge in [-0.2, -0.15) is 0 Å². The Balaban J connectivity index is 1.35. The van der Waals surface area contributed by atoms with Gasteiger partial charge in [0.25, 0.3) is 0 Å². The molecule has 9 rings (SSSR count). The van der Waals surface area contributed by atoms with Crippen molar-refractivity contribution >= 4 is 22.6 Å². The lowest BCUT2D eigenvalue weighted by Gasteiger charge is -2.33. The van der Waals surface area contributed by atoms with E-state index in [-0.39, 0.29) is 0 Å². The lowest BCUT2D eigenvalue weighted by atomic mass is 9.69. The normalized spacial score (nSPS) is 15.5. The van der Waals surface area contributed by atoms with Crippen molar-refractivity contribution in [2.75, 3.05) is 4.90 Å². The molecule has 1 spiro atoms. The number of allylic oxidation sites excluding steroid dienone is 5. The zero-order valence-electron chi connectivity index (χ0n) is 28.6. The molecule has 0 radical (unpaired) electrons. The molecule has 242 valence electrons. The standard InChI is InChI=1S/C50H37N/c1-3-4-25-43-35(2)40-22-11-14-26-44(40)50(43)45-27-15-12-24-42(45)49-46(50)28-17-30-48(49)51(39-33-31-37(32-34-39)36-18-7-5-8-19-36)47-29-16-13-23-41(47)38-20-9-6-10-21-38/h3-34H,1H2,2H3/b25-4-. The van der Waals surface area contributed by atoms with E-state index in [0.29, 0.717) is 0 Å². The van der Waals surface area contributed by atoms with Gasteiger partial charge >= 0.3 is 0 Å². The zero-order valence-corrected chi connectivity index (χ0v) is 28.6. The van der Waals surface area contributed by atoms with Crippen LogP contribution < -0.4 is 4.90 Å². The van der Waals surface area contributed by atoms with Crippen LogP contribution in [0.15, 0.2) is 206 Å². The van der Waals surface area contributed by atoms with Crippen molar-refractivity contribution in [1.29, 1.82) is 0 Å². The molecule has 0 amide bonds. The van der Waals surface area contributed by atoms with Crippen LogP contribution in [0.4, 0.5) is 17.1 Å². The highest BCUT2D eigenvalue weighted by atomic mass is 15.1.